The van der Waals surface area contributed by atoms with Crippen LogP contribution in [0.2, 0.25) is 0 Å². The molecular weight excluding hydrogens is 214 g/mol. The first-order valence-electron chi connectivity index (χ1n) is 5.92. The molecule has 94 valence electrons. The molecule has 0 aliphatic carbocycles. The Balaban J connectivity index is 2.84. The van der Waals surface area contributed by atoms with Gasteiger partial charge in [-0.05, 0) is 26.0 Å². The van der Waals surface area contributed by atoms with E-state index in [2.05, 4.69) is 5.32 Å². The van der Waals surface area contributed by atoms with Crippen molar-refractivity contribution in [2.45, 2.75) is 13.8 Å². The minimum Gasteiger partial charge on any atom is -0.376 e. The topological polar surface area (TPSA) is 35.6 Å². The van der Waals surface area contributed by atoms with Crippen LogP contribution in [-0.2, 0) is 0 Å². The molecule has 4 heteroatoms. The molecule has 0 aromatic heterocycles. The van der Waals surface area contributed by atoms with E-state index in [1.54, 1.807) is 4.90 Å². The summed E-state index contributed by atoms with van der Waals surface area (Å²) < 4.78 is 0. The van der Waals surface area contributed by atoms with Gasteiger partial charge in [0.1, 0.15) is 0 Å². The van der Waals surface area contributed by atoms with E-state index in [9.17, 15) is 4.79 Å². The number of rotatable bonds is 4. The highest BCUT2D eigenvalue weighted by molar-refractivity contribution is 5.93. The maximum absolute atomic E-state index is 11.9. The fourth-order valence-corrected chi connectivity index (χ4v) is 1.67. The molecule has 0 aliphatic rings. The van der Waals surface area contributed by atoms with Crippen molar-refractivity contribution in [1.29, 1.82) is 0 Å². The van der Waals surface area contributed by atoms with Gasteiger partial charge in [0, 0.05) is 27.2 Å². The van der Waals surface area contributed by atoms with Gasteiger partial charge >= 0.3 is 6.03 Å². The second-order valence-electron chi connectivity index (χ2n) is 4.01. The van der Waals surface area contributed by atoms with Crippen molar-refractivity contribution in [3.05, 3.63) is 24.3 Å². The van der Waals surface area contributed by atoms with E-state index in [1.165, 1.54) is 0 Å². The fourth-order valence-electron chi connectivity index (χ4n) is 1.67. The van der Waals surface area contributed by atoms with Gasteiger partial charge in [-0.15, -0.1) is 0 Å². The van der Waals surface area contributed by atoms with Crippen LogP contribution in [0.1, 0.15) is 13.8 Å². The van der Waals surface area contributed by atoms with Crippen LogP contribution in [0, 0.1) is 0 Å². The minimum absolute atomic E-state index is 0.0516. The number of nitrogens with one attached hydrogen (secondary N) is 1. The minimum atomic E-state index is -0.0516. The third-order valence-corrected chi connectivity index (χ3v) is 2.68. The number of amides is 2. The third-order valence-electron chi connectivity index (χ3n) is 2.68. The van der Waals surface area contributed by atoms with Crippen LogP contribution in [0.5, 0.6) is 0 Å². The molecule has 1 aromatic carbocycles. The maximum atomic E-state index is 11.9. The molecule has 1 aromatic rings. The van der Waals surface area contributed by atoms with Gasteiger partial charge in [-0.25, -0.2) is 4.79 Å². The predicted octanol–water partition coefficient (Wildman–Crippen LogP) is 2.63. The number of anilines is 2. The van der Waals surface area contributed by atoms with Gasteiger partial charge in [0.15, 0.2) is 0 Å². The van der Waals surface area contributed by atoms with Crippen LogP contribution in [0.4, 0.5) is 16.2 Å². The smallest absolute Gasteiger partial charge is 0.321 e. The largest absolute Gasteiger partial charge is 0.376 e. The lowest BCUT2D eigenvalue weighted by Gasteiger charge is -2.22. The van der Waals surface area contributed by atoms with Gasteiger partial charge in [0.25, 0.3) is 0 Å². The van der Waals surface area contributed by atoms with E-state index in [0.717, 1.165) is 11.4 Å². The molecule has 0 saturated carbocycles. The lowest BCUT2D eigenvalue weighted by molar-refractivity contribution is 0.217. The molecule has 0 atom stereocenters. The normalized spacial score (nSPS) is 9.88. The number of carbonyl (C=O) groups is 1. The molecule has 2 amide bonds. The molecule has 0 unspecified atom stereocenters. The highest BCUT2D eigenvalue weighted by atomic mass is 16.2. The Morgan fingerprint density at radius 3 is 2.29 bits per heavy atom. The Bertz CT molecular complexity index is 373. The average Bonchev–Trinajstić information content (AvgIpc) is 2.31. The molecule has 17 heavy (non-hydrogen) atoms. The second kappa shape index (κ2) is 6.13. The second-order valence-corrected chi connectivity index (χ2v) is 4.01. The van der Waals surface area contributed by atoms with E-state index in [0.29, 0.717) is 13.1 Å². The SMILES string of the molecule is CCN(CC)C(=O)Nc1ccccc1N(C)C. The lowest BCUT2D eigenvalue weighted by Crippen LogP contribution is -2.34. The van der Waals surface area contributed by atoms with Gasteiger partial charge in [0.2, 0.25) is 0 Å². The number of hydrogen-bond acceptors (Lipinski definition) is 2. The molecule has 1 N–H and O–H groups in total. The summed E-state index contributed by atoms with van der Waals surface area (Å²) >= 11 is 0. The standard InChI is InChI=1S/C13H21N3O/c1-5-16(6-2)13(17)14-11-9-7-8-10-12(11)15(3)4/h7-10H,5-6H2,1-4H3,(H,14,17). The Kier molecular flexibility index (Phi) is 4.82. The Labute approximate surface area is 103 Å². The molecule has 0 bridgehead atoms. The van der Waals surface area contributed by atoms with Gasteiger partial charge in [0.05, 0.1) is 11.4 Å². The Morgan fingerprint density at radius 2 is 1.76 bits per heavy atom. The molecule has 0 aliphatic heterocycles. The summed E-state index contributed by atoms with van der Waals surface area (Å²) in [6.07, 6.45) is 0. The number of nitrogens with zero attached hydrogens (tertiary/aromatic N) is 2. The van der Waals surface area contributed by atoms with E-state index in [1.807, 2.05) is 57.1 Å². The fraction of sp³-hybridized carbons (Fsp3) is 0.462. The average molecular weight is 235 g/mol. The first-order valence-corrected chi connectivity index (χ1v) is 5.92. The van der Waals surface area contributed by atoms with Gasteiger partial charge in [-0.2, -0.15) is 0 Å². The molecule has 0 saturated heterocycles. The number of para-hydroxylation sites is 2. The van der Waals surface area contributed by atoms with Crippen molar-refractivity contribution >= 4 is 17.4 Å². The molecule has 0 radical (unpaired) electrons. The highest BCUT2D eigenvalue weighted by Crippen LogP contribution is 2.23. The van der Waals surface area contributed by atoms with Gasteiger partial charge in [-0.3, -0.25) is 0 Å². The number of hydrogen-bond donors (Lipinski definition) is 1. The van der Waals surface area contributed by atoms with Crippen molar-refractivity contribution in [3.8, 4) is 0 Å². The summed E-state index contributed by atoms with van der Waals surface area (Å²) in [5.41, 5.74) is 1.85. The zero-order chi connectivity index (χ0) is 12.8. The highest BCUT2D eigenvalue weighted by Gasteiger charge is 2.11. The van der Waals surface area contributed by atoms with Crippen molar-refractivity contribution in [2.24, 2.45) is 0 Å². The molecule has 0 heterocycles. The first-order chi connectivity index (χ1) is 8.10. The van der Waals surface area contributed by atoms with Crippen molar-refractivity contribution < 1.29 is 4.79 Å². The van der Waals surface area contributed by atoms with Crippen LogP contribution in [-0.4, -0.2) is 38.1 Å². The zero-order valence-corrected chi connectivity index (χ0v) is 11.0. The molecule has 4 nitrogen and oxygen atoms in total. The molecular formula is C13H21N3O. The summed E-state index contributed by atoms with van der Waals surface area (Å²) in [4.78, 5) is 15.7. The number of urea groups is 1. The summed E-state index contributed by atoms with van der Waals surface area (Å²) in [6, 6.07) is 7.73. The van der Waals surface area contributed by atoms with Crippen molar-refractivity contribution in [3.63, 3.8) is 0 Å². The van der Waals surface area contributed by atoms with E-state index >= 15 is 0 Å². The van der Waals surface area contributed by atoms with Gasteiger partial charge in [-0.1, -0.05) is 12.1 Å². The Hall–Kier alpha value is -1.71. The third kappa shape index (κ3) is 3.37. The van der Waals surface area contributed by atoms with E-state index < -0.39 is 0 Å². The van der Waals surface area contributed by atoms with Gasteiger partial charge < -0.3 is 15.1 Å². The Morgan fingerprint density at radius 1 is 1.18 bits per heavy atom. The summed E-state index contributed by atoms with van der Waals surface area (Å²) in [5.74, 6) is 0. The van der Waals surface area contributed by atoms with Crippen LogP contribution < -0.4 is 10.2 Å². The summed E-state index contributed by atoms with van der Waals surface area (Å²) in [7, 11) is 3.92. The summed E-state index contributed by atoms with van der Waals surface area (Å²) in [6.45, 7) is 5.38. The maximum Gasteiger partial charge on any atom is 0.321 e. The predicted molar refractivity (Wildman–Crippen MR) is 72.7 cm³/mol. The van der Waals surface area contributed by atoms with Crippen molar-refractivity contribution in [2.75, 3.05) is 37.4 Å². The monoisotopic (exact) mass is 235 g/mol. The van der Waals surface area contributed by atoms with Crippen LogP contribution in [0.3, 0.4) is 0 Å². The van der Waals surface area contributed by atoms with Crippen molar-refractivity contribution in [1.82, 2.24) is 4.90 Å². The number of benzene rings is 1. The van der Waals surface area contributed by atoms with Crippen LogP contribution in [0.25, 0.3) is 0 Å². The quantitative estimate of drug-likeness (QED) is 0.870. The molecule has 0 fully saturated rings. The number of carbonyl (C=O) groups excluding carboxylic acids is 1. The first kappa shape index (κ1) is 13.4. The van der Waals surface area contributed by atoms with Crippen LogP contribution in [0.15, 0.2) is 24.3 Å². The summed E-state index contributed by atoms with van der Waals surface area (Å²) in [5, 5.41) is 2.94. The van der Waals surface area contributed by atoms with Crippen LogP contribution >= 0.6 is 0 Å². The van der Waals surface area contributed by atoms with E-state index in [4.69, 9.17) is 0 Å². The molecule has 1 rings (SSSR count). The lowest BCUT2D eigenvalue weighted by atomic mass is 10.2. The van der Waals surface area contributed by atoms with E-state index in [-0.39, 0.29) is 6.03 Å². The molecule has 0 spiro atoms. The zero-order valence-electron chi connectivity index (χ0n) is 11.0.